The Bertz CT molecular complexity index is 228. The fourth-order valence-corrected chi connectivity index (χ4v) is 1.54. The van der Waals surface area contributed by atoms with Crippen molar-refractivity contribution in [1.29, 1.82) is 0 Å². The second-order valence-electron chi connectivity index (χ2n) is 3.73. The predicted octanol–water partition coefficient (Wildman–Crippen LogP) is 0.477. The number of nitrogens with zero attached hydrogens (tertiary/aromatic N) is 2. The van der Waals surface area contributed by atoms with Gasteiger partial charge in [-0.3, -0.25) is 9.59 Å². The smallest absolute Gasteiger partial charge is 0.312 e. The molecule has 0 aromatic heterocycles. The Hall–Kier alpha value is -1.06. The maximum Gasteiger partial charge on any atom is 0.312 e. The van der Waals surface area contributed by atoms with Crippen molar-refractivity contribution in [3.05, 3.63) is 0 Å². The van der Waals surface area contributed by atoms with Crippen LogP contribution in [0.25, 0.3) is 0 Å². The molecule has 4 heteroatoms. The summed E-state index contributed by atoms with van der Waals surface area (Å²) in [5.41, 5.74) is 0. The van der Waals surface area contributed by atoms with Crippen LogP contribution in [0, 0.1) is 0 Å². The van der Waals surface area contributed by atoms with E-state index < -0.39 is 0 Å². The van der Waals surface area contributed by atoms with Crippen LogP contribution < -0.4 is 0 Å². The Morgan fingerprint density at radius 2 is 1.86 bits per heavy atom. The molecular formula is C10H18N2O2. The predicted molar refractivity (Wildman–Crippen MR) is 53.7 cm³/mol. The molecule has 1 rings (SSSR count). The number of likely N-dealkylation sites (N-methyl/N-ethyl adjacent to an activating group) is 1. The van der Waals surface area contributed by atoms with Gasteiger partial charge in [-0.2, -0.15) is 0 Å². The van der Waals surface area contributed by atoms with Gasteiger partial charge in [0.1, 0.15) is 0 Å². The van der Waals surface area contributed by atoms with Gasteiger partial charge in [0.15, 0.2) is 0 Å². The topological polar surface area (TPSA) is 40.6 Å². The first kappa shape index (κ1) is 11.0. The molecule has 0 spiro atoms. The lowest BCUT2D eigenvalue weighted by Crippen LogP contribution is -2.52. The van der Waals surface area contributed by atoms with Gasteiger partial charge in [0.2, 0.25) is 0 Å². The van der Waals surface area contributed by atoms with Crippen molar-refractivity contribution in [2.24, 2.45) is 0 Å². The first-order valence-electron chi connectivity index (χ1n) is 5.21. The van der Waals surface area contributed by atoms with Crippen molar-refractivity contribution in [3.63, 3.8) is 0 Å². The fourth-order valence-electron chi connectivity index (χ4n) is 1.54. The van der Waals surface area contributed by atoms with Crippen LogP contribution in [0.15, 0.2) is 0 Å². The largest absolute Gasteiger partial charge is 0.336 e. The molecule has 0 bridgehead atoms. The standard InChI is InChI=1S/C10H18N2O2/c1-3-4-5-6-12-8-7-11(2)9(13)10(12)14/h3-8H2,1-2H3. The van der Waals surface area contributed by atoms with E-state index in [-0.39, 0.29) is 11.8 Å². The minimum absolute atomic E-state index is 0.338. The van der Waals surface area contributed by atoms with Crippen LogP contribution in [0.2, 0.25) is 0 Å². The van der Waals surface area contributed by atoms with Crippen LogP contribution in [0.5, 0.6) is 0 Å². The molecule has 1 aliphatic heterocycles. The summed E-state index contributed by atoms with van der Waals surface area (Å²) in [6.07, 6.45) is 3.25. The lowest BCUT2D eigenvalue weighted by molar-refractivity contribution is -0.154. The van der Waals surface area contributed by atoms with E-state index in [0.717, 1.165) is 25.8 Å². The molecule has 0 unspecified atom stereocenters. The summed E-state index contributed by atoms with van der Waals surface area (Å²) in [5.74, 6) is -0.706. The SMILES string of the molecule is CCCCCN1CCN(C)C(=O)C1=O. The minimum Gasteiger partial charge on any atom is -0.336 e. The van der Waals surface area contributed by atoms with Crippen LogP contribution >= 0.6 is 0 Å². The monoisotopic (exact) mass is 198 g/mol. The van der Waals surface area contributed by atoms with Gasteiger partial charge >= 0.3 is 11.8 Å². The van der Waals surface area contributed by atoms with E-state index in [1.807, 2.05) is 0 Å². The summed E-state index contributed by atoms with van der Waals surface area (Å²) in [5, 5.41) is 0. The summed E-state index contributed by atoms with van der Waals surface area (Å²) in [6, 6.07) is 0. The summed E-state index contributed by atoms with van der Waals surface area (Å²) in [6.45, 7) is 4.20. The summed E-state index contributed by atoms with van der Waals surface area (Å²) in [7, 11) is 1.67. The zero-order chi connectivity index (χ0) is 10.6. The van der Waals surface area contributed by atoms with Gasteiger partial charge in [-0.25, -0.2) is 0 Å². The molecule has 4 nitrogen and oxygen atoms in total. The molecular weight excluding hydrogens is 180 g/mol. The molecule has 0 aliphatic carbocycles. The number of hydrogen-bond donors (Lipinski definition) is 0. The van der Waals surface area contributed by atoms with Gasteiger partial charge in [-0.15, -0.1) is 0 Å². The fraction of sp³-hybridized carbons (Fsp3) is 0.800. The molecule has 2 amide bonds. The number of carbonyl (C=O) groups is 2. The Labute approximate surface area is 84.9 Å². The van der Waals surface area contributed by atoms with Crippen LogP contribution in [0.3, 0.4) is 0 Å². The van der Waals surface area contributed by atoms with Crippen molar-refractivity contribution < 1.29 is 9.59 Å². The molecule has 0 aromatic rings. The van der Waals surface area contributed by atoms with Gasteiger partial charge in [-0.05, 0) is 6.42 Å². The Balaban J connectivity index is 2.39. The van der Waals surface area contributed by atoms with Crippen LogP contribution in [-0.4, -0.2) is 48.3 Å². The number of amides is 2. The van der Waals surface area contributed by atoms with E-state index >= 15 is 0 Å². The molecule has 0 saturated carbocycles. The minimum atomic E-state index is -0.368. The molecule has 14 heavy (non-hydrogen) atoms. The van der Waals surface area contributed by atoms with Crippen molar-refractivity contribution >= 4 is 11.8 Å². The van der Waals surface area contributed by atoms with Gasteiger partial charge in [-0.1, -0.05) is 19.8 Å². The van der Waals surface area contributed by atoms with E-state index in [1.54, 1.807) is 11.9 Å². The Kier molecular flexibility index (Phi) is 3.92. The maximum atomic E-state index is 11.5. The van der Waals surface area contributed by atoms with E-state index in [9.17, 15) is 9.59 Å². The number of piperazine rings is 1. The normalized spacial score (nSPS) is 17.9. The molecule has 1 fully saturated rings. The lowest BCUT2D eigenvalue weighted by Gasteiger charge is -2.31. The molecule has 1 heterocycles. The van der Waals surface area contributed by atoms with Crippen molar-refractivity contribution in [2.45, 2.75) is 26.2 Å². The van der Waals surface area contributed by atoms with E-state index in [1.165, 1.54) is 4.90 Å². The van der Waals surface area contributed by atoms with Crippen LogP contribution in [0.1, 0.15) is 26.2 Å². The zero-order valence-electron chi connectivity index (χ0n) is 8.95. The average molecular weight is 198 g/mol. The summed E-state index contributed by atoms with van der Waals surface area (Å²) >= 11 is 0. The van der Waals surface area contributed by atoms with Crippen molar-refractivity contribution in [2.75, 3.05) is 26.7 Å². The van der Waals surface area contributed by atoms with Gasteiger partial charge in [0.05, 0.1) is 0 Å². The molecule has 80 valence electrons. The molecule has 0 N–H and O–H groups in total. The molecule has 1 aliphatic rings. The Morgan fingerprint density at radius 3 is 2.50 bits per heavy atom. The zero-order valence-corrected chi connectivity index (χ0v) is 8.95. The van der Waals surface area contributed by atoms with E-state index in [0.29, 0.717) is 13.1 Å². The first-order chi connectivity index (χ1) is 6.66. The van der Waals surface area contributed by atoms with Gasteiger partial charge < -0.3 is 9.80 Å². The number of carbonyl (C=O) groups excluding carboxylic acids is 2. The third-order valence-electron chi connectivity index (χ3n) is 2.55. The van der Waals surface area contributed by atoms with Gasteiger partial charge in [0, 0.05) is 26.7 Å². The summed E-state index contributed by atoms with van der Waals surface area (Å²) < 4.78 is 0. The highest BCUT2D eigenvalue weighted by molar-refractivity contribution is 6.35. The highest BCUT2D eigenvalue weighted by Gasteiger charge is 2.29. The second kappa shape index (κ2) is 4.98. The molecule has 0 radical (unpaired) electrons. The highest BCUT2D eigenvalue weighted by Crippen LogP contribution is 2.05. The summed E-state index contributed by atoms with van der Waals surface area (Å²) in [4.78, 5) is 25.9. The highest BCUT2D eigenvalue weighted by atomic mass is 16.2. The van der Waals surface area contributed by atoms with E-state index in [4.69, 9.17) is 0 Å². The number of rotatable bonds is 4. The number of hydrogen-bond acceptors (Lipinski definition) is 2. The van der Waals surface area contributed by atoms with Crippen LogP contribution in [0.4, 0.5) is 0 Å². The first-order valence-corrected chi connectivity index (χ1v) is 5.21. The van der Waals surface area contributed by atoms with Crippen molar-refractivity contribution in [3.8, 4) is 0 Å². The van der Waals surface area contributed by atoms with Crippen LogP contribution in [-0.2, 0) is 9.59 Å². The second-order valence-corrected chi connectivity index (χ2v) is 3.73. The molecule has 1 saturated heterocycles. The molecule has 0 aromatic carbocycles. The van der Waals surface area contributed by atoms with E-state index in [2.05, 4.69) is 6.92 Å². The lowest BCUT2D eigenvalue weighted by atomic mass is 10.2. The third-order valence-corrected chi connectivity index (χ3v) is 2.55. The average Bonchev–Trinajstić information content (AvgIpc) is 2.18. The maximum absolute atomic E-state index is 11.5. The third kappa shape index (κ3) is 2.47. The number of unbranched alkanes of at least 4 members (excludes halogenated alkanes) is 2. The molecule has 0 atom stereocenters. The van der Waals surface area contributed by atoms with Gasteiger partial charge in [0.25, 0.3) is 0 Å². The quantitative estimate of drug-likeness (QED) is 0.487. The van der Waals surface area contributed by atoms with Crippen molar-refractivity contribution in [1.82, 2.24) is 9.80 Å². The Morgan fingerprint density at radius 1 is 1.14 bits per heavy atom.